The van der Waals surface area contributed by atoms with Crippen molar-refractivity contribution in [1.82, 2.24) is 0 Å². The molecule has 0 heterocycles. The molecule has 0 bridgehead atoms. The number of benzene rings is 2. The maximum absolute atomic E-state index is 10.9. The summed E-state index contributed by atoms with van der Waals surface area (Å²) in [7, 11) is 0. The largest absolute Gasteiger partial charge is 0.478 e. The first kappa shape index (κ1) is 14.0. The highest BCUT2D eigenvalue weighted by Crippen LogP contribution is 2.20. The third-order valence-electron chi connectivity index (χ3n) is 2.60. The first-order chi connectivity index (χ1) is 9.15. The summed E-state index contributed by atoms with van der Waals surface area (Å²) >= 11 is 7.66. The highest BCUT2D eigenvalue weighted by Gasteiger charge is 2.03. The second-order valence-corrected chi connectivity index (χ2v) is 5.55. The summed E-state index contributed by atoms with van der Waals surface area (Å²) in [5.41, 5.74) is 2.53. The summed E-state index contributed by atoms with van der Waals surface area (Å²) in [6, 6.07) is 14.8. The van der Waals surface area contributed by atoms with Crippen LogP contribution < -0.4 is 0 Å². The van der Waals surface area contributed by atoms with E-state index < -0.39 is 5.97 Å². The lowest BCUT2D eigenvalue weighted by Gasteiger charge is -2.04. The van der Waals surface area contributed by atoms with Crippen molar-refractivity contribution in [3.63, 3.8) is 0 Å². The minimum absolute atomic E-state index is 0.334. The predicted octanol–water partition coefficient (Wildman–Crippen LogP) is 4.47. The molecule has 2 aromatic carbocycles. The molecule has 98 valence electrons. The van der Waals surface area contributed by atoms with Crippen LogP contribution in [0.15, 0.2) is 48.5 Å². The molecular formula is C15H13ClO2S. The minimum atomic E-state index is -0.887. The van der Waals surface area contributed by atoms with E-state index in [1.807, 2.05) is 30.3 Å². The van der Waals surface area contributed by atoms with Gasteiger partial charge in [-0.1, -0.05) is 35.9 Å². The zero-order chi connectivity index (χ0) is 13.7. The van der Waals surface area contributed by atoms with Crippen LogP contribution >= 0.6 is 23.4 Å². The van der Waals surface area contributed by atoms with Crippen molar-refractivity contribution >= 4 is 29.3 Å². The Bertz CT molecular complexity index is 584. The molecule has 0 fully saturated rings. The molecule has 0 saturated heterocycles. The van der Waals surface area contributed by atoms with Crippen LogP contribution in [-0.4, -0.2) is 11.1 Å². The molecule has 0 aromatic heterocycles. The average molecular weight is 293 g/mol. The van der Waals surface area contributed by atoms with Gasteiger partial charge in [0.1, 0.15) is 0 Å². The van der Waals surface area contributed by atoms with E-state index in [4.69, 9.17) is 16.7 Å². The Balaban J connectivity index is 1.92. The molecule has 1 N–H and O–H groups in total. The van der Waals surface area contributed by atoms with E-state index in [0.29, 0.717) is 5.56 Å². The zero-order valence-electron chi connectivity index (χ0n) is 10.2. The summed E-state index contributed by atoms with van der Waals surface area (Å²) in [5, 5.41) is 9.66. The van der Waals surface area contributed by atoms with Crippen molar-refractivity contribution in [2.75, 3.05) is 0 Å². The Morgan fingerprint density at radius 2 is 1.68 bits per heavy atom. The molecule has 0 aliphatic carbocycles. The van der Waals surface area contributed by atoms with Gasteiger partial charge in [-0.3, -0.25) is 0 Å². The maximum atomic E-state index is 10.9. The first-order valence-corrected chi connectivity index (χ1v) is 7.33. The highest BCUT2D eigenvalue weighted by atomic mass is 35.5. The molecule has 0 saturated carbocycles. The minimum Gasteiger partial charge on any atom is -0.478 e. The normalized spacial score (nSPS) is 10.4. The van der Waals surface area contributed by atoms with Gasteiger partial charge in [0, 0.05) is 16.5 Å². The standard InChI is InChI=1S/C15H13ClO2S/c16-14-6-2-4-12(8-14)10-19-9-11-3-1-5-13(7-11)15(17)18/h1-8H,9-10H2,(H,17,18). The van der Waals surface area contributed by atoms with Gasteiger partial charge in [0.2, 0.25) is 0 Å². The van der Waals surface area contributed by atoms with E-state index >= 15 is 0 Å². The lowest BCUT2D eigenvalue weighted by atomic mass is 10.1. The van der Waals surface area contributed by atoms with Gasteiger partial charge in [-0.15, -0.1) is 0 Å². The van der Waals surface area contributed by atoms with Crippen molar-refractivity contribution in [2.24, 2.45) is 0 Å². The van der Waals surface area contributed by atoms with Gasteiger partial charge < -0.3 is 5.11 Å². The van der Waals surface area contributed by atoms with Crippen LogP contribution in [0.2, 0.25) is 5.02 Å². The average Bonchev–Trinajstić information content (AvgIpc) is 2.39. The number of hydrogen-bond donors (Lipinski definition) is 1. The number of carboxylic acids is 1. The smallest absolute Gasteiger partial charge is 0.335 e. The fraction of sp³-hybridized carbons (Fsp3) is 0.133. The lowest BCUT2D eigenvalue weighted by molar-refractivity contribution is 0.0697. The summed E-state index contributed by atoms with van der Waals surface area (Å²) in [4.78, 5) is 10.9. The predicted molar refractivity (Wildman–Crippen MR) is 79.9 cm³/mol. The molecule has 0 aliphatic heterocycles. The number of rotatable bonds is 5. The number of aromatic carboxylic acids is 1. The molecule has 4 heteroatoms. The van der Waals surface area contributed by atoms with Gasteiger partial charge in [0.25, 0.3) is 0 Å². The van der Waals surface area contributed by atoms with Crippen molar-refractivity contribution in [3.05, 3.63) is 70.2 Å². The fourth-order valence-electron chi connectivity index (χ4n) is 1.71. The quantitative estimate of drug-likeness (QED) is 0.883. The van der Waals surface area contributed by atoms with Gasteiger partial charge in [-0.05, 0) is 35.4 Å². The summed E-state index contributed by atoms with van der Waals surface area (Å²) in [6.07, 6.45) is 0. The Morgan fingerprint density at radius 1 is 1.05 bits per heavy atom. The SMILES string of the molecule is O=C(O)c1cccc(CSCc2cccc(Cl)c2)c1. The van der Waals surface area contributed by atoms with E-state index in [0.717, 1.165) is 22.1 Å². The Morgan fingerprint density at radius 3 is 2.32 bits per heavy atom. The molecule has 2 aromatic rings. The monoisotopic (exact) mass is 292 g/mol. The van der Waals surface area contributed by atoms with Gasteiger partial charge in [-0.25, -0.2) is 4.79 Å². The Labute approximate surface area is 121 Å². The highest BCUT2D eigenvalue weighted by molar-refractivity contribution is 7.97. The van der Waals surface area contributed by atoms with Crippen molar-refractivity contribution in [2.45, 2.75) is 11.5 Å². The van der Waals surface area contributed by atoms with Crippen LogP contribution in [0.3, 0.4) is 0 Å². The number of halogens is 1. The van der Waals surface area contributed by atoms with E-state index in [1.165, 1.54) is 5.56 Å². The van der Waals surface area contributed by atoms with Crippen LogP contribution in [-0.2, 0) is 11.5 Å². The third-order valence-corrected chi connectivity index (χ3v) is 3.91. The van der Waals surface area contributed by atoms with Crippen molar-refractivity contribution in [3.8, 4) is 0 Å². The molecule has 19 heavy (non-hydrogen) atoms. The number of thioether (sulfide) groups is 1. The number of hydrogen-bond acceptors (Lipinski definition) is 2. The van der Waals surface area contributed by atoms with E-state index in [-0.39, 0.29) is 0 Å². The molecular weight excluding hydrogens is 280 g/mol. The summed E-state index contributed by atoms with van der Waals surface area (Å²) in [6.45, 7) is 0. The molecule has 0 atom stereocenters. The number of carbonyl (C=O) groups is 1. The van der Waals surface area contributed by atoms with E-state index in [9.17, 15) is 4.79 Å². The Hall–Kier alpha value is -1.45. The molecule has 2 rings (SSSR count). The van der Waals surface area contributed by atoms with Crippen LogP contribution in [0, 0.1) is 0 Å². The van der Waals surface area contributed by atoms with Crippen LogP contribution in [0.4, 0.5) is 0 Å². The molecule has 0 radical (unpaired) electrons. The molecule has 0 spiro atoms. The second kappa shape index (κ2) is 6.64. The van der Waals surface area contributed by atoms with Crippen LogP contribution in [0.5, 0.6) is 0 Å². The van der Waals surface area contributed by atoms with E-state index in [2.05, 4.69) is 0 Å². The van der Waals surface area contributed by atoms with Crippen molar-refractivity contribution in [1.29, 1.82) is 0 Å². The summed E-state index contributed by atoms with van der Waals surface area (Å²) < 4.78 is 0. The van der Waals surface area contributed by atoms with Crippen LogP contribution in [0.25, 0.3) is 0 Å². The Kier molecular flexibility index (Phi) is 4.88. The molecule has 0 unspecified atom stereocenters. The number of carboxylic acid groups (broad SMARTS) is 1. The van der Waals surface area contributed by atoms with Gasteiger partial charge in [-0.2, -0.15) is 11.8 Å². The van der Waals surface area contributed by atoms with Gasteiger partial charge in [0.15, 0.2) is 0 Å². The molecule has 0 amide bonds. The fourth-order valence-corrected chi connectivity index (χ4v) is 2.85. The third kappa shape index (κ3) is 4.30. The summed E-state index contributed by atoms with van der Waals surface area (Å²) in [5.74, 6) is 0.757. The lowest BCUT2D eigenvalue weighted by Crippen LogP contribution is -1.96. The topological polar surface area (TPSA) is 37.3 Å². The van der Waals surface area contributed by atoms with Crippen molar-refractivity contribution < 1.29 is 9.90 Å². The first-order valence-electron chi connectivity index (χ1n) is 5.79. The molecule has 0 aliphatic rings. The van der Waals surface area contributed by atoms with Gasteiger partial charge >= 0.3 is 5.97 Å². The second-order valence-electron chi connectivity index (χ2n) is 4.13. The van der Waals surface area contributed by atoms with Crippen LogP contribution in [0.1, 0.15) is 21.5 Å². The van der Waals surface area contributed by atoms with E-state index in [1.54, 1.807) is 30.0 Å². The van der Waals surface area contributed by atoms with Gasteiger partial charge in [0.05, 0.1) is 5.56 Å². The zero-order valence-corrected chi connectivity index (χ0v) is 11.7. The molecule has 2 nitrogen and oxygen atoms in total. The maximum Gasteiger partial charge on any atom is 0.335 e.